The van der Waals surface area contributed by atoms with E-state index in [1.54, 1.807) is 22.8 Å². The van der Waals surface area contributed by atoms with Crippen molar-refractivity contribution in [2.24, 2.45) is 0 Å². The van der Waals surface area contributed by atoms with Gasteiger partial charge in [0, 0.05) is 0 Å². The summed E-state index contributed by atoms with van der Waals surface area (Å²) >= 11 is 0. The molecule has 0 aliphatic carbocycles. The van der Waals surface area contributed by atoms with Crippen molar-refractivity contribution in [1.82, 2.24) is 0 Å². The Morgan fingerprint density at radius 3 is 2.00 bits per heavy atom. The third-order valence-electron chi connectivity index (χ3n) is 1.82. The summed E-state index contributed by atoms with van der Waals surface area (Å²) in [5.41, 5.74) is 7.08. The van der Waals surface area contributed by atoms with Crippen LogP contribution in [0.3, 0.4) is 0 Å². The molecule has 15 heavy (non-hydrogen) atoms. The van der Waals surface area contributed by atoms with Gasteiger partial charge in [0.2, 0.25) is 0 Å². The van der Waals surface area contributed by atoms with E-state index in [1.165, 1.54) is 0 Å². The minimum Gasteiger partial charge on any atom is -0.449 e. The summed E-state index contributed by atoms with van der Waals surface area (Å²) in [6.45, 7) is 15.0. The Morgan fingerprint density at radius 2 is 1.67 bits per heavy atom. The summed E-state index contributed by atoms with van der Waals surface area (Å²) in [4.78, 5) is 0. The standard InChI is InChI=1S/C8H18O3Si4/c1-5-14(10-13-9-12)11-15(6-2,7-3)8-4/h5-8,14H,1-4,13H2,12H3. The second-order valence-corrected chi connectivity index (χ2v) is 11.7. The fourth-order valence-corrected chi connectivity index (χ4v) is 8.26. The molecule has 1 unspecified atom stereocenters. The van der Waals surface area contributed by atoms with Crippen LogP contribution in [0, 0.1) is 0 Å². The summed E-state index contributed by atoms with van der Waals surface area (Å²) in [5, 5.41) is 0. The van der Waals surface area contributed by atoms with Gasteiger partial charge in [-0.2, -0.15) is 0 Å². The van der Waals surface area contributed by atoms with E-state index in [0.29, 0.717) is 10.5 Å². The first kappa shape index (κ1) is 14.7. The highest BCUT2D eigenvalue weighted by molar-refractivity contribution is 6.91. The summed E-state index contributed by atoms with van der Waals surface area (Å²) in [7, 11) is -4.22. The number of hydrogen-bond donors (Lipinski definition) is 0. The van der Waals surface area contributed by atoms with Crippen molar-refractivity contribution in [2.75, 3.05) is 0 Å². The summed E-state index contributed by atoms with van der Waals surface area (Å²) in [6, 6.07) is 0. The molecule has 0 aromatic rings. The van der Waals surface area contributed by atoms with E-state index in [1.807, 2.05) is 0 Å². The zero-order valence-electron chi connectivity index (χ0n) is 9.15. The molecule has 0 spiro atoms. The van der Waals surface area contributed by atoms with E-state index in [-0.39, 0.29) is 0 Å². The van der Waals surface area contributed by atoms with Crippen LogP contribution in [0.2, 0.25) is 0 Å². The third kappa shape index (κ3) is 4.84. The van der Waals surface area contributed by atoms with Crippen molar-refractivity contribution in [3.63, 3.8) is 0 Å². The molecule has 7 heteroatoms. The molecule has 0 heterocycles. The van der Waals surface area contributed by atoms with Crippen LogP contribution in [0.25, 0.3) is 0 Å². The molecule has 1 atom stereocenters. The molecule has 0 aromatic heterocycles. The second kappa shape index (κ2) is 7.93. The third-order valence-corrected chi connectivity index (χ3v) is 9.48. The number of hydrogen-bond acceptors (Lipinski definition) is 3. The van der Waals surface area contributed by atoms with Crippen LogP contribution in [0.1, 0.15) is 0 Å². The van der Waals surface area contributed by atoms with Gasteiger partial charge in [-0.1, -0.05) is 22.8 Å². The molecule has 0 radical (unpaired) electrons. The largest absolute Gasteiger partial charge is 0.449 e. The minimum atomic E-state index is -2.22. The van der Waals surface area contributed by atoms with Crippen LogP contribution >= 0.6 is 0 Å². The lowest BCUT2D eigenvalue weighted by Crippen LogP contribution is -2.40. The van der Waals surface area contributed by atoms with E-state index in [4.69, 9.17) is 12.3 Å². The molecule has 0 aliphatic heterocycles. The van der Waals surface area contributed by atoms with E-state index in [2.05, 4.69) is 26.3 Å². The van der Waals surface area contributed by atoms with Crippen LogP contribution in [0.15, 0.2) is 49.1 Å². The Balaban J connectivity index is 4.47. The van der Waals surface area contributed by atoms with Crippen molar-refractivity contribution in [3.05, 3.63) is 49.1 Å². The summed E-state index contributed by atoms with van der Waals surface area (Å²) in [6.07, 6.45) is 0. The Hall–Kier alpha value is -0.292. The molecule has 0 saturated carbocycles. The molecular weight excluding hydrogens is 256 g/mol. The normalized spacial score (nSPS) is 13.9. The zero-order valence-corrected chi connectivity index (χ0v) is 14.7. The van der Waals surface area contributed by atoms with Gasteiger partial charge in [-0.15, -0.1) is 26.3 Å². The first-order valence-corrected chi connectivity index (χ1v) is 10.2. The minimum absolute atomic E-state index is 0.712. The van der Waals surface area contributed by atoms with Crippen molar-refractivity contribution in [3.8, 4) is 0 Å². The van der Waals surface area contributed by atoms with Gasteiger partial charge < -0.3 is 12.3 Å². The summed E-state index contributed by atoms with van der Waals surface area (Å²) < 4.78 is 16.5. The van der Waals surface area contributed by atoms with Crippen molar-refractivity contribution < 1.29 is 12.3 Å². The van der Waals surface area contributed by atoms with Crippen LogP contribution in [-0.2, 0) is 12.3 Å². The Kier molecular flexibility index (Phi) is 7.78. The predicted molar refractivity (Wildman–Crippen MR) is 75.4 cm³/mol. The fourth-order valence-electron chi connectivity index (χ4n) is 0.881. The molecule has 84 valence electrons. The molecule has 0 bridgehead atoms. The van der Waals surface area contributed by atoms with Gasteiger partial charge in [0.05, 0.1) is 0 Å². The smallest absolute Gasteiger partial charge is 0.328 e. The molecule has 0 amide bonds. The van der Waals surface area contributed by atoms with Crippen LogP contribution in [0.4, 0.5) is 0 Å². The number of rotatable bonds is 9. The lowest BCUT2D eigenvalue weighted by molar-refractivity contribution is 0.415. The van der Waals surface area contributed by atoms with Crippen LogP contribution < -0.4 is 0 Å². The van der Waals surface area contributed by atoms with Crippen LogP contribution in [-0.4, -0.2) is 38.1 Å². The molecule has 0 aromatic carbocycles. The molecule has 0 fully saturated rings. The van der Waals surface area contributed by atoms with Gasteiger partial charge in [-0.05, 0) is 0 Å². The lowest BCUT2D eigenvalue weighted by atomic mass is 11.2. The van der Waals surface area contributed by atoms with Gasteiger partial charge in [0.25, 0.3) is 18.3 Å². The maximum absolute atomic E-state index is 5.89. The highest BCUT2D eigenvalue weighted by Crippen LogP contribution is 2.11. The Labute approximate surface area is 99.7 Å². The lowest BCUT2D eigenvalue weighted by Gasteiger charge is -2.25. The highest BCUT2D eigenvalue weighted by atomic mass is 28.4. The monoisotopic (exact) mass is 274 g/mol. The van der Waals surface area contributed by atoms with E-state index < -0.39 is 27.6 Å². The average Bonchev–Trinajstić information content (AvgIpc) is 2.30. The van der Waals surface area contributed by atoms with Crippen molar-refractivity contribution in [2.45, 2.75) is 0 Å². The molecule has 3 nitrogen and oxygen atoms in total. The van der Waals surface area contributed by atoms with Gasteiger partial charge in [-0.25, -0.2) is 0 Å². The van der Waals surface area contributed by atoms with E-state index in [0.717, 1.165) is 0 Å². The molecule has 0 rings (SSSR count). The zero-order chi connectivity index (χ0) is 11.7. The van der Waals surface area contributed by atoms with Gasteiger partial charge in [0.1, 0.15) is 10.5 Å². The Bertz CT molecular complexity index is 222. The molecule has 0 saturated heterocycles. The maximum atomic E-state index is 5.89. The van der Waals surface area contributed by atoms with Gasteiger partial charge >= 0.3 is 9.28 Å². The summed E-state index contributed by atoms with van der Waals surface area (Å²) in [5.74, 6) is 0. The van der Waals surface area contributed by atoms with Crippen LogP contribution in [0.5, 0.6) is 0 Å². The molecule has 0 aliphatic rings. The average molecular weight is 275 g/mol. The van der Waals surface area contributed by atoms with E-state index in [9.17, 15) is 0 Å². The molecular formula is C8H18O3Si4. The quantitative estimate of drug-likeness (QED) is 0.525. The second-order valence-electron chi connectivity index (χ2n) is 2.76. The fraction of sp³-hybridized carbons (Fsp3) is 0. The van der Waals surface area contributed by atoms with Gasteiger partial charge in [-0.3, -0.25) is 0 Å². The topological polar surface area (TPSA) is 27.7 Å². The maximum Gasteiger partial charge on any atom is 0.328 e. The Morgan fingerprint density at radius 1 is 1.13 bits per heavy atom. The molecule has 0 N–H and O–H groups in total. The van der Waals surface area contributed by atoms with Crippen molar-refractivity contribution >= 4 is 38.1 Å². The predicted octanol–water partition coefficient (Wildman–Crippen LogP) is -0.618. The first-order valence-electron chi connectivity index (χ1n) is 4.49. The first-order chi connectivity index (χ1) is 7.17. The van der Waals surface area contributed by atoms with Crippen molar-refractivity contribution in [1.29, 1.82) is 0 Å². The SMILES string of the molecule is C=C[SiH](O[SiH2]O[SiH3])O[Si](C=C)(C=C)C=C. The van der Waals surface area contributed by atoms with Gasteiger partial charge in [0.15, 0.2) is 0 Å². The highest BCUT2D eigenvalue weighted by Gasteiger charge is 2.27. The van der Waals surface area contributed by atoms with E-state index >= 15 is 0 Å².